The van der Waals surface area contributed by atoms with E-state index in [-0.39, 0.29) is 42.4 Å². The Balaban J connectivity index is 1.41. The SMILES string of the molecule is CCCc1c(OCCCCN2C(=O)NC(C)(c3ccc(C(C)C)cc3)C2=O)ccc2c1COC2(C(F)(F)F)C(F)(F)F. The van der Waals surface area contributed by atoms with Crippen molar-refractivity contribution in [1.29, 1.82) is 0 Å². The van der Waals surface area contributed by atoms with Crippen LogP contribution in [0.1, 0.15) is 80.7 Å². The van der Waals surface area contributed by atoms with Gasteiger partial charge in [0, 0.05) is 17.7 Å². The van der Waals surface area contributed by atoms with Crippen molar-refractivity contribution < 1.29 is 45.4 Å². The Morgan fingerprint density at radius 3 is 2.21 bits per heavy atom. The Hall–Kier alpha value is -3.28. The number of amides is 3. The van der Waals surface area contributed by atoms with E-state index < -0.39 is 41.7 Å². The molecule has 3 amide bonds. The summed E-state index contributed by atoms with van der Waals surface area (Å²) in [7, 11) is 0. The molecule has 2 aromatic carbocycles. The van der Waals surface area contributed by atoms with Crippen molar-refractivity contribution in [2.45, 2.75) is 89.4 Å². The van der Waals surface area contributed by atoms with Crippen LogP contribution < -0.4 is 10.1 Å². The summed E-state index contributed by atoms with van der Waals surface area (Å²) in [6, 6.07) is 8.89. The van der Waals surface area contributed by atoms with Crippen LogP contribution in [0, 0.1) is 0 Å². The average Bonchev–Trinajstić information content (AvgIpc) is 3.42. The number of unbranched alkanes of at least 4 members (excludes halogenated alkanes) is 1. The summed E-state index contributed by atoms with van der Waals surface area (Å²) in [6.45, 7) is 6.88. The van der Waals surface area contributed by atoms with E-state index in [1.165, 1.54) is 0 Å². The smallest absolute Gasteiger partial charge is 0.430 e. The molecule has 12 heteroatoms. The minimum Gasteiger partial charge on any atom is -0.493 e. The molecule has 1 saturated heterocycles. The normalized spacial score (nSPS) is 20.3. The summed E-state index contributed by atoms with van der Waals surface area (Å²) in [5.74, 6) is 0.120. The van der Waals surface area contributed by atoms with Gasteiger partial charge in [0.15, 0.2) is 0 Å². The number of hydrogen-bond donors (Lipinski definition) is 1. The molecule has 0 aliphatic carbocycles. The van der Waals surface area contributed by atoms with E-state index in [2.05, 4.69) is 23.9 Å². The number of nitrogens with zero attached hydrogens (tertiary/aromatic N) is 1. The van der Waals surface area contributed by atoms with Crippen LogP contribution in [0.5, 0.6) is 5.75 Å². The van der Waals surface area contributed by atoms with Gasteiger partial charge in [-0.2, -0.15) is 26.3 Å². The lowest BCUT2D eigenvalue weighted by Gasteiger charge is -2.33. The van der Waals surface area contributed by atoms with Crippen molar-refractivity contribution in [2.75, 3.05) is 13.2 Å². The third-order valence-electron chi connectivity index (χ3n) is 7.96. The van der Waals surface area contributed by atoms with Crippen LogP contribution in [-0.2, 0) is 33.7 Å². The van der Waals surface area contributed by atoms with Gasteiger partial charge < -0.3 is 14.8 Å². The topological polar surface area (TPSA) is 67.9 Å². The molecule has 2 aliphatic rings. The van der Waals surface area contributed by atoms with Crippen LogP contribution in [0.4, 0.5) is 31.1 Å². The van der Waals surface area contributed by atoms with E-state index in [0.29, 0.717) is 30.7 Å². The lowest BCUT2D eigenvalue weighted by atomic mass is 9.87. The van der Waals surface area contributed by atoms with E-state index >= 15 is 0 Å². The summed E-state index contributed by atoms with van der Waals surface area (Å²) in [6.07, 6.45) is -9.98. The Labute approximate surface area is 240 Å². The fourth-order valence-corrected chi connectivity index (χ4v) is 5.56. The molecular formula is C30H34F6N2O4. The summed E-state index contributed by atoms with van der Waals surface area (Å²) in [5, 5.41) is 2.77. The maximum Gasteiger partial charge on any atom is 0.430 e. The third-order valence-corrected chi connectivity index (χ3v) is 7.96. The molecule has 1 atom stereocenters. The van der Waals surface area contributed by atoms with Crippen LogP contribution >= 0.6 is 0 Å². The number of alkyl halides is 6. The van der Waals surface area contributed by atoms with Crippen molar-refractivity contribution >= 4 is 11.9 Å². The van der Waals surface area contributed by atoms with Crippen molar-refractivity contribution in [2.24, 2.45) is 0 Å². The Kier molecular flexibility index (Phi) is 8.61. The Bertz CT molecular complexity index is 1310. The summed E-state index contributed by atoms with van der Waals surface area (Å²) in [4.78, 5) is 27.0. The number of urea groups is 1. The Morgan fingerprint density at radius 2 is 1.64 bits per heavy atom. The van der Waals surface area contributed by atoms with Gasteiger partial charge in [-0.15, -0.1) is 0 Å². The minimum atomic E-state index is -5.70. The standard InChI is InChI=1S/C30H34F6N2O4/c1-5-8-21-22-17-42-28(29(31,32)33,30(34,35)36)23(22)13-14-24(21)41-16-7-6-15-38-25(39)27(4,37-26(38)40)20-11-9-19(10-12-20)18(2)3/h9-14,18H,5-8,15-17H2,1-4H3,(H,37,40). The number of ether oxygens (including phenoxy) is 2. The highest BCUT2D eigenvalue weighted by Crippen LogP contribution is 2.58. The highest BCUT2D eigenvalue weighted by atomic mass is 19.4. The van der Waals surface area contributed by atoms with Gasteiger partial charge in [-0.05, 0) is 54.9 Å². The van der Waals surface area contributed by atoms with Gasteiger partial charge in [0.25, 0.3) is 11.5 Å². The zero-order valence-corrected chi connectivity index (χ0v) is 23.8. The van der Waals surface area contributed by atoms with Gasteiger partial charge in [0.05, 0.1) is 13.2 Å². The maximum atomic E-state index is 13.7. The molecule has 2 aliphatic heterocycles. The fourth-order valence-electron chi connectivity index (χ4n) is 5.56. The molecule has 0 bridgehead atoms. The number of hydrogen-bond acceptors (Lipinski definition) is 4. The van der Waals surface area contributed by atoms with Crippen LogP contribution in [-0.4, -0.2) is 42.3 Å². The quantitative estimate of drug-likeness (QED) is 0.177. The molecular weight excluding hydrogens is 566 g/mol. The van der Waals surface area contributed by atoms with Gasteiger partial charge >= 0.3 is 18.4 Å². The first-order chi connectivity index (χ1) is 19.6. The van der Waals surface area contributed by atoms with Gasteiger partial charge in [-0.3, -0.25) is 9.69 Å². The number of imide groups is 1. The molecule has 0 saturated carbocycles. The van der Waals surface area contributed by atoms with E-state index in [1.807, 2.05) is 24.3 Å². The predicted octanol–water partition coefficient (Wildman–Crippen LogP) is 7.24. The largest absolute Gasteiger partial charge is 0.493 e. The molecule has 0 aromatic heterocycles. The molecule has 1 unspecified atom stereocenters. The molecule has 0 spiro atoms. The molecule has 1 fully saturated rings. The molecule has 42 heavy (non-hydrogen) atoms. The number of fused-ring (bicyclic) bond motifs is 1. The zero-order valence-electron chi connectivity index (χ0n) is 23.8. The highest BCUT2D eigenvalue weighted by Gasteiger charge is 2.75. The van der Waals surface area contributed by atoms with Crippen molar-refractivity contribution in [3.63, 3.8) is 0 Å². The van der Waals surface area contributed by atoms with Crippen molar-refractivity contribution in [3.8, 4) is 5.75 Å². The lowest BCUT2D eigenvalue weighted by molar-refractivity contribution is -0.385. The number of rotatable bonds is 10. The second-order valence-corrected chi connectivity index (χ2v) is 11.1. The van der Waals surface area contributed by atoms with Crippen LogP contribution in [0.3, 0.4) is 0 Å². The number of nitrogens with one attached hydrogen (secondary N) is 1. The number of halogens is 6. The first-order valence-corrected chi connectivity index (χ1v) is 13.9. The number of benzene rings is 2. The van der Waals surface area contributed by atoms with Crippen LogP contribution in [0.2, 0.25) is 0 Å². The molecule has 2 heterocycles. The average molecular weight is 601 g/mol. The number of carbonyl (C=O) groups is 2. The molecule has 0 radical (unpaired) electrons. The van der Waals surface area contributed by atoms with Gasteiger partial charge in [-0.1, -0.05) is 57.5 Å². The predicted molar refractivity (Wildman–Crippen MR) is 142 cm³/mol. The number of carbonyl (C=O) groups excluding carboxylic acids is 2. The van der Waals surface area contributed by atoms with Gasteiger partial charge in [-0.25, -0.2) is 4.79 Å². The van der Waals surface area contributed by atoms with Gasteiger partial charge in [0.1, 0.15) is 11.3 Å². The van der Waals surface area contributed by atoms with Gasteiger partial charge in [0.2, 0.25) is 0 Å². The zero-order chi connectivity index (χ0) is 31.1. The molecule has 4 rings (SSSR count). The Morgan fingerprint density at radius 1 is 1.00 bits per heavy atom. The lowest BCUT2D eigenvalue weighted by Crippen LogP contribution is -2.53. The van der Waals surface area contributed by atoms with E-state index in [4.69, 9.17) is 4.74 Å². The third kappa shape index (κ3) is 5.33. The summed E-state index contributed by atoms with van der Waals surface area (Å²) >= 11 is 0. The summed E-state index contributed by atoms with van der Waals surface area (Å²) in [5.41, 5.74) is -4.69. The summed E-state index contributed by atoms with van der Waals surface area (Å²) < 4.78 is 92.7. The second-order valence-electron chi connectivity index (χ2n) is 11.1. The monoisotopic (exact) mass is 600 g/mol. The molecule has 230 valence electrons. The first kappa shape index (κ1) is 31.7. The first-order valence-electron chi connectivity index (χ1n) is 13.9. The van der Waals surface area contributed by atoms with Crippen molar-refractivity contribution in [3.05, 3.63) is 64.2 Å². The molecule has 1 N–H and O–H groups in total. The highest BCUT2D eigenvalue weighted by molar-refractivity contribution is 6.07. The molecule has 2 aromatic rings. The van der Waals surface area contributed by atoms with Crippen LogP contribution in [0.15, 0.2) is 36.4 Å². The molecule has 6 nitrogen and oxygen atoms in total. The fraction of sp³-hybridized carbons (Fsp3) is 0.533. The van der Waals surface area contributed by atoms with Crippen LogP contribution in [0.25, 0.3) is 0 Å². The van der Waals surface area contributed by atoms with E-state index in [9.17, 15) is 35.9 Å². The van der Waals surface area contributed by atoms with Crippen molar-refractivity contribution in [1.82, 2.24) is 10.2 Å². The maximum absolute atomic E-state index is 13.7. The second kappa shape index (κ2) is 11.4. The van der Waals surface area contributed by atoms with E-state index in [1.54, 1.807) is 13.8 Å². The van der Waals surface area contributed by atoms with E-state index in [0.717, 1.165) is 22.6 Å². The minimum absolute atomic E-state index is 0.0810.